The summed E-state index contributed by atoms with van der Waals surface area (Å²) in [6, 6.07) is 17.5. The Morgan fingerprint density at radius 3 is 2.66 bits per heavy atom. The van der Waals surface area contributed by atoms with Crippen LogP contribution in [-0.2, 0) is 11.3 Å². The van der Waals surface area contributed by atoms with Crippen LogP contribution in [0.4, 0.5) is 5.13 Å². The first-order chi connectivity index (χ1) is 17.1. The molecule has 0 spiro atoms. The standard InChI is InChI=1S/C27H27N3O4S/c1-2-34-22-8-9-23-24(16-22)35-27(28-23)30(17-19-6-4-3-5-7-19)26(32)20-10-13-29(14-11-20)25(31)21-12-15-33-18-21/h3-9,12,15-16,18,20H,2,10-11,13-14,17H2,1H3. The molecule has 2 aromatic carbocycles. The lowest BCUT2D eigenvalue weighted by atomic mass is 9.94. The monoisotopic (exact) mass is 489 g/mol. The Morgan fingerprint density at radius 2 is 1.94 bits per heavy atom. The van der Waals surface area contributed by atoms with Crippen molar-refractivity contribution in [3.8, 4) is 5.75 Å². The van der Waals surface area contributed by atoms with Crippen LogP contribution in [0.2, 0.25) is 0 Å². The molecule has 1 saturated heterocycles. The summed E-state index contributed by atoms with van der Waals surface area (Å²) in [6.45, 7) is 4.08. The topological polar surface area (TPSA) is 75.9 Å². The van der Waals surface area contributed by atoms with Crippen molar-refractivity contribution in [1.29, 1.82) is 0 Å². The van der Waals surface area contributed by atoms with Crippen LogP contribution in [0.1, 0.15) is 35.7 Å². The molecule has 0 aliphatic carbocycles. The Kier molecular flexibility index (Phi) is 6.81. The van der Waals surface area contributed by atoms with Crippen LogP contribution in [0.3, 0.4) is 0 Å². The number of likely N-dealkylation sites (tertiary alicyclic amines) is 1. The van der Waals surface area contributed by atoms with E-state index in [0.29, 0.717) is 49.8 Å². The van der Waals surface area contributed by atoms with Gasteiger partial charge in [-0.15, -0.1) is 0 Å². The van der Waals surface area contributed by atoms with Crippen molar-refractivity contribution >= 4 is 38.5 Å². The minimum Gasteiger partial charge on any atom is -0.494 e. The number of amides is 2. The van der Waals surface area contributed by atoms with Gasteiger partial charge >= 0.3 is 0 Å². The van der Waals surface area contributed by atoms with Crippen molar-refractivity contribution in [1.82, 2.24) is 9.88 Å². The number of anilines is 1. The molecular formula is C27H27N3O4S. The Bertz CT molecular complexity index is 1290. The summed E-state index contributed by atoms with van der Waals surface area (Å²) >= 11 is 1.50. The van der Waals surface area contributed by atoms with Gasteiger partial charge in [0.15, 0.2) is 5.13 Å². The van der Waals surface area contributed by atoms with E-state index >= 15 is 0 Å². The highest BCUT2D eigenvalue weighted by Gasteiger charge is 2.32. The van der Waals surface area contributed by atoms with Crippen LogP contribution in [0, 0.1) is 5.92 Å². The number of carbonyl (C=O) groups is 2. The highest BCUT2D eigenvalue weighted by molar-refractivity contribution is 7.22. The maximum Gasteiger partial charge on any atom is 0.257 e. The molecule has 7 nitrogen and oxygen atoms in total. The summed E-state index contributed by atoms with van der Waals surface area (Å²) in [7, 11) is 0. The first-order valence-electron chi connectivity index (χ1n) is 11.8. The zero-order valence-corrected chi connectivity index (χ0v) is 20.4. The van der Waals surface area contributed by atoms with Crippen LogP contribution in [0.25, 0.3) is 10.2 Å². The third-order valence-corrected chi connectivity index (χ3v) is 7.28. The molecule has 180 valence electrons. The Labute approximate surface area is 207 Å². The van der Waals surface area contributed by atoms with Crippen molar-refractivity contribution in [3.05, 3.63) is 78.3 Å². The van der Waals surface area contributed by atoms with Crippen LogP contribution in [0.5, 0.6) is 5.75 Å². The van der Waals surface area contributed by atoms with Gasteiger partial charge < -0.3 is 14.1 Å². The van der Waals surface area contributed by atoms with Gasteiger partial charge in [-0.05, 0) is 49.6 Å². The van der Waals surface area contributed by atoms with Crippen LogP contribution in [0.15, 0.2) is 71.5 Å². The molecule has 1 aliphatic heterocycles. The average molecular weight is 490 g/mol. The zero-order chi connectivity index (χ0) is 24.2. The lowest BCUT2D eigenvalue weighted by molar-refractivity contribution is -0.123. The number of carbonyl (C=O) groups excluding carboxylic acids is 2. The molecule has 1 fully saturated rings. The van der Waals surface area contributed by atoms with E-state index in [1.165, 1.54) is 23.9 Å². The van der Waals surface area contributed by atoms with Gasteiger partial charge in [-0.3, -0.25) is 14.5 Å². The van der Waals surface area contributed by atoms with Gasteiger partial charge in [0, 0.05) is 19.0 Å². The van der Waals surface area contributed by atoms with Gasteiger partial charge in [-0.25, -0.2) is 4.98 Å². The normalized spacial score (nSPS) is 14.3. The number of piperidine rings is 1. The van der Waals surface area contributed by atoms with Gasteiger partial charge in [-0.2, -0.15) is 0 Å². The predicted molar refractivity (Wildman–Crippen MR) is 136 cm³/mol. The maximum atomic E-state index is 13.8. The van der Waals surface area contributed by atoms with E-state index in [2.05, 4.69) is 0 Å². The molecule has 2 aromatic heterocycles. The second-order valence-electron chi connectivity index (χ2n) is 8.55. The molecule has 0 bridgehead atoms. The van der Waals surface area contributed by atoms with Gasteiger partial charge in [-0.1, -0.05) is 41.7 Å². The molecule has 3 heterocycles. The minimum atomic E-state index is -0.168. The number of hydrogen-bond acceptors (Lipinski definition) is 6. The summed E-state index contributed by atoms with van der Waals surface area (Å²) in [5, 5.41) is 0.680. The van der Waals surface area contributed by atoms with Crippen LogP contribution >= 0.6 is 11.3 Å². The maximum absolute atomic E-state index is 13.8. The van der Waals surface area contributed by atoms with Gasteiger partial charge in [0.1, 0.15) is 12.0 Å². The third-order valence-electron chi connectivity index (χ3n) is 6.24. The molecule has 5 rings (SSSR count). The fourth-order valence-electron chi connectivity index (χ4n) is 4.39. The second-order valence-corrected chi connectivity index (χ2v) is 9.56. The molecular weight excluding hydrogens is 462 g/mol. The Hall–Kier alpha value is -3.65. The second kappa shape index (κ2) is 10.3. The molecule has 35 heavy (non-hydrogen) atoms. The van der Waals surface area contributed by atoms with Gasteiger partial charge in [0.05, 0.1) is 35.2 Å². The molecule has 0 radical (unpaired) electrons. The molecule has 8 heteroatoms. The fourth-order valence-corrected chi connectivity index (χ4v) is 5.39. The van der Waals surface area contributed by atoms with Crippen molar-refractivity contribution in [2.45, 2.75) is 26.3 Å². The van der Waals surface area contributed by atoms with Crippen molar-refractivity contribution in [2.24, 2.45) is 5.92 Å². The number of aromatic nitrogens is 1. The van der Waals surface area contributed by atoms with Gasteiger partial charge in [0.2, 0.25) is 5.91 Å². The van der Waals surface area contributed by atoms with Crippen LogP contribution in [-0.4, -0.2) is 41.4 Å². The summed E-state index contributed by atoms with van der Waals surface area (Å²) < 4.78 is 11.7. The van der Waals surface area contributed by atoms with E-state index in [9.17, 15) is 9.59 Å². The van der Waals surface area contributed by atoms with E-state index in [1.54, 1.807) is 15.9 Å². The summed E-state index contributed by atoms with van der Waals surface area (Å²) in [5.74, 6) is 0.624. The highest BCUT2D eigenvalue weighted by atomic mass is 32.1. The number of nitrogens with zero attached hydrogens (tertiary/aromatic N) is 3. The molecule has 2 amide bonds. The number of thiazole rings is 1. The fraction of sp³-hybridized carbons (Fsp3) is 0.296. The van der Waals surface area contributed by atoms with E-state index in [1.807, 2.05) is 55.5 Å². The number of fused-ring (bicyclic) bond motifs is 1. The first-order valence-corrected chi connectivity index (χ1v) is 12.6. The molecule has 0 N–H and O–H groups in total. The number of ether oxygens (including phenoxy) is 1. The average Bonchev–Trinajstić information content (AvgIpc) is 3.58. The van der Waals surface area contributed by atoms with Crippen molar-refractivity contribution in [2.75, 3.05) is 24.6 Å². The molecule has 0 atom stereocenters. The quantitative estimate of drug-likeness (QED) is 0.349. The summed E-state index contributed by atoms with van der Waals surface area (Å²) in [4.78, 5) is 34.9. The van der Waals surface area contributed by atoms with E-state index in [0.717, 1.165) is 21.5 Å². The minimum absolute atomic E-state index is 0.0494. The van der Waals surface area contributed by atoms with Crippen molar-refractivity contribution in [3.63, 3.8) is 0 Å². The molecule has 0 unspecified atom stereocenters. The SMILES string of the molecule is CCOc1ccc2nc(N(Cc3ccccc3)C(=O)C3CCN(C(=O)c4ccoc4)CC3)sc2c1. The molecule has 4 aromatic rings. The smallest absolute Gasteiger partial charge is 0.257 e. The summed E-state index contributed by atoms with van der Waals surface area (Å²) in [5.41, 5.74) is 2.43. The van der Waals surface area contributed by atoms with E-state index in [-0.39, 0.29) is 17.7 Å². The number of furan rings is 1. The first kappa shape index (κ1) is 23.1. The van der Waals surface area contributed by atoms with Crippen LogP contribution < -0.4 is 9.64 Å². The largest absolute Gasteiger partial charge is 0.494 e. The van der Waals surface area contributed by atoms with E-state index in [4.69, 9.17) is 14.1 Å². The van der Waals surface area contributed by atoms with Crippen molar-refractivity contribution < 1.29 is 18.7 Å². The number of hydrogen-bond donors (Lipinski definition) is 0. The Balaban J connectivity index is 1.37. The van der Waals surface area contributed by atoms with Gasteiger partial charge in [0.25, 0.3) is 5.91 Å². The lowest BCUT2D eigenvalue weighted by Gasteiger charge is -2.33. The number of benzene rings is 2. The lowest BCUT2D eigenvalue weighted by Crippen LogP contribution is -2.44. The summed E-state index contributed by atoms with van der Waals surface area (Å²) in [6.07, 6.45) is 4.20. The predicted octanol–water partition coefficient (Wildman–Crippen LogP) is 5.37. The highest BCUT2D eigenvalue weighted by Crippen LogP contribution is 2.34. The zero-order valence-electron chi connectivity index (χ0n) is 19.6. The number of rotatable bonds is 7. The third kappa shape index (κ3) is 5.07. The molecule has 0 saturated carbocycles. The molecule has 1 aliphatic rings. The van der Waals surface area contributed by atoms with E-state index < -0.39 is 0 Å². The Morgan fingerprint density at radius 1 is 1.14 bits per heavy atom.